The zero-order chi connectivity index (χ0) is 21.3. The van der Waals surface area contributed by atoms with E-state index in [0.29, 0.717) is 17.1 Å². The van der Waals surface area contributed by atoms with Crippen LogP contribution in [0.25, 0.3) is 16.6 Å². The zero-order valence-electron chi connectivity index (χ0n) is 17.0. The number of esters is 1. The number of para-hydroxylation sites is 1. The summed E-state index contributed by atoms with van der Waals surface area (Å²) in [6.45, 7) is 5.34. The summed E-state index contributed by atoms with van der Waals surface area (Å²) in [5.41, 5.74) is 5.31. The molecule has 0 aliphatic carbocycles. The second-order valence-electron chi connectivity index (χ2n) is 7.19. The molecule has 0 fully saturated rings. The Morgan fingerprint density at radius 1 is 1.07 bits per heavy atom. The van der Waals surface area contributed by atoms with Crippen molar-refractivity contribution in [2.45, 2.75) is 20.8 Å². The van der Waals surface area contributed by atoms with Gasteiger partial charge in [-0.3, -0.25) is 4.79 Å². The fourth-order valence-corrected chi connectivity index (χ4v) is 3.33. The van der Waals surface area contributed by atoms with Gasteiger partial charge in [0.05, 0.1) is 22.8 Å². The Balaban J connectivity index is 1.42. The van der Waals surface area contributed by atoms with Crippen molar-refractivity contribution in [1.29, 1.82) is 0 Å². The van der Waals surface area contributed by atoms with Gasteiger partial charge < -0.3 is 15.0 Å². The number of fused-ring (bicyclic) bond motifs is 1. The first-order valence-electron chi connectivity index (χ1n) is 9.60. The Hall–Kier alpha value is -3.87. The van der Waals surface area contributed by atoms with Gasteiger partial charge in [-0.1, -0.05) is 35.9 Å². The van der Waals surface area contributed by atoms with E-state index in [1.54, 1.807) is 10.7 Å². The van der Waals surface area contributed by atoms with Crippen LogP contribution >= 0.6 is 0 Å². The number of nitrogens with zero attached hydrogens (tertiary/aromatic N) is 2. The molecule has 2 N–H and O–H groups in total. The Morgan fingerprint density at radius 2 is 1.80 bits per heavy atom. The number of H-pyrrole nitrogens is 1. The maximum Gasteiger partial charge on any atom is 0.355 e. The Bertz CT molecular complexity index is 1200. The summed E-state index contributed by atoms with van der Waals surface area (Å²) < 4.78 is 6.95. The van der Waals surface area contributed by atoms with Gasteiger partial charge in [-0.15, -0.1) is 0 Å². The van der Waals surface area contributed by atoms with Crippen LogP contribution in [0.15, 0.2) is 54.6 Å². The van der Waals surface area contributed by atoms with Crippen molar-refractivity contribution in [3.05, 3.63) is 77.2 Å². The summed E-state index contributed by atoms with van der Waals surface area (Å²) >= 11 is 0. The van der Waals surface area contributed by atoms with Crippen molar-refractivity contribution in [3.8, 4) is 5.69 Å². The summed E-state index contributed by atoms with van der Waals surface area (Å²) in [6.07, 6.45) is 0. The fourth-order valence-electron chi connectivity index (χ4n) is 3.33. The Morgan fingerprint density at radius 3 is 2.53 bits per heavy atom. The first kappa shape index (κ1) is 19.4. The van der Waals surface area contributed by atoms with E-state index in [-0.39, 0.29) is 6.61 Å². The molecule has 4 aromatic rings. The highest BCUT2D eigenvalue weighted by Crippen LogP contribution is 2.23. The van der Waals surface area contributed by atoms with Crippen LogP contribution in [0.5, 0.6) is 0 Å². The van der Waals surface area contributed by atoms with Gasteiger partial charge in [-0.2, -0.15) is 5.10 Å². The topological polar surface area (TPSA) is 89.0 Å². The predicted molar refractivity (Wildman–Crippen MR) is 115 cm³/mol. The maximum atomic E-state index is 12.4. The van der Waals surface area contributed by atoms with E-state index in [0.717, 1.165) is 27.8 Å². The molecule has 0 atom stereocenters. The molecular formula is C23H22N4O3. The molecule has 1 amide bonds. The maximum absolute atomic E-state index is 12.4. The van der Waals surface area contributed by atoms with Crippen molar-refractivity contribution in [3.63, 3.8) is 0 Å². The van der Waals surface area contributed by atoms with Gasteiger partial charge in [0.25, 0.3) is 5.91 Å². The molecule has 30 heavy (non-hydrogen) atoms. The summed E-state index contributed by atoms with van der Waals surface area (Å²) in [6, 6.07) is 17.2. The third-order valence-electron chi connectivity index (χ3n) is 4.92. The number of hydrogen-bond acceptors (Lipinski definition) is 4. The number of aromatic nitrogens is 3. The van der Waals surface area contributed by atoms with Gasteiger partial charge in [0.2, 0.25) is 0 Å². The highest BCUT2D eigenvalue weighted by molar-refractivity contribution is 5.98. The minimum atomic E-state index is -0.579. The monoisotopic (exact) mass is 402 g/mol. The van der Waals surface area contributed by atoms with Crippen LogP contribution < -0.4 is 5.32 Å². The molecule has 2 heterocycles. The third kappa shape index (κ3) is 3.82. The number of aromatic amines is 1. The van der Waals surface area contributed by atoms with Crippen LogP contribution in [-0.2, 0) is 9.53 Å². The smallest absolute Gasteiger partial charge is 0.355 e. The molecule has 0 saturated heterocycles. The standard InChI is InChI=1S/C23H22N4O3/c1-14-8-10-18(11-9-14)27-16(3)22(15(2)26-27)25-21(28)13-30-23(29)20-12-17-6-4-5-7-19(17)24-20/h4-12,24H,13H2,1-3H3,(H,25,28). The van der Waals surface area contributed by atoms with Gasteiger partial charge in [0, 0.05) is 10.9 Å². The van der Waals surface area contributed by atoms with E-state index in [4.69, 9.17) is 4.74 Å². The summed E-state index contributed by atoms with van der Waals surface area (Å²) in [4.78, 5) is 27.6. The quantitative estimate of drug-likeness (QED) is 0.493. The van der Waals surface area contributed by atoms with E-state index in [9.17, 15) is 9.59 Å². The molecule has 7 nitrogen and oxygen atoms in total. The highest BCUT2D eigenvalue weighted by atomic mass is 16.5. The lowest BCUT2D eigenvalue weighted by Crippen LogP contribution is -2.21. The number of hydrogen-bond donors (Lipinski definition) is 2. The van der Waals surface area contributed by atoms with Gasteiger partial charge >= 0.3 is 5.97 Å². The molecule has 0 aliphatic rings. The van der Waals surface area contributed by atoms with E-state index in [1.165, 1.54) is 0 Å². The zero-order valence-corrected chi connectivity index (χ0v) is 17.0. The van der Waals surface area contributed by atoms with Gasteiger partial charge in [0.15, 0.2) is 6.61 Å². The normalized spacial score (nSPS) is 10.9. The van der Waals surface area contributed by atoms with Crippen LogP contribution in [0.4, 0.5) is 5.69 Å². The number of amides is 1. The SMILES string of the molecule is Cc1ccc(-n2nc(C)c(NC(=O)COC(=O)c3cc4ccccc4[nH]3)c2C)cc1. The molecule has 0 radical (unpaired) electrons. The number of rotatable bonds is 5. The van der Waals surface area contributed by atoms with Crippen molar-refractivity contribution in [2.75, 3.05) is 11.9 Å². The number of carbonyl (C=O) groups is 2. The Labute approximate surface area is 173 Å². The van der Waals surface area contributed by atoms with Crippen molar-refractivity contribution < 1.29 is 14.3 Å². The van der Waals surface area contributed by atoms with E-state index < -0.39 is 11.9 Å². The summed E-state index contributed by atoms with van der Waals surface area (Å²) in [7, 11) is 0. The number of anilines is 1. The second kappa shape index (κ2) is 7.87. The van der Waals surface area contributed by atoms with Crippen molar-refractivity contribution in [2.24, 2.45) is 0 Å². The van der Waals surface area contributed by atoms with Gasteiger partial charge in [0.1, 0.15) is 5.69 Å². The molecule has 4 rings (SSSR count). The third-order valence-corrected chi connectivity index (χ3v) is 4.92. The molecule has 2 aromatic carbocycles. The van der Waals surface area contributed by atoms with E-state index >= 15 is 0 Å². The average Bonchev–Trinajstić information content (AvgIpc) is 3.29. The first-order chi connectivity index (χ1) is 14.4. The molecule has 0 saturated carbocycles. The fraction of sp³-hybridized carbons (Fsp3) is 0.174. The molecular weight excluding hydrogens is 380 g/mol. The summed E-state index contributed by atoms with van der Waals surface area (Å²) in [5.74, 6) is -1.00. The van der Waals surface area contributed by atoms with Crippen LogP contribution in [-0.4, -0.2) is 33.2 Å². The molecule has 0 spiro atoms. The van der Waals surface area contributed by atoms with Crippen molar-refractivity contribution >= 4 is 28.5 Å². The van der Waals surface area contributed by atoms with Crippen LogP contribution in [0.3, 0.4) is 0 Å². The van der Waals surface area contributed by atoms with Gasteiger partial charge in [-0.25, -0.2) is 9.48 Å². The number of carbonyl (C=O) groups excluding carboxylic acids is 2. The number of nitrogens with one attached hydrogen (secondary N) is 2. The molecule has 152 valence electrons. The summed E-state index contributed by atoms with van der Waals surface area (Å²) in [5, 5.41) is 8.23. The number of benzene rings is 2. The lowest BCUT2D eigenvalue weighted by Gasteiger charge is -2.08. The van der Waals surface area contributed by atoms with Crippen LogP contribution in [0.1, 0.15) is 27.4 Å². The highest BCUT2D eigenvalue weighted by Gasteiger charge is 2.17. The Kier molecular flexibility index (Phi) is 5.10. The van der Waals surface area contributed by atoms with Gasteiger partial charge in [-0.05, 0) is 45.0 Å². The largest absolute Gasteiger partial charge is 0.451 e. The molecule has 0 aliphatic heterocycles. The second-order valence-corrected chi connectivity index (χ2v) is 7.19. The van der Waals surface area contributed by atoms with Crippen molar-refractivity contribution in [1.82, 2.24) is 14.8 Å². The lowest BCUT2D eigenvalue weighted by molar-refractivity contribution is -0.119. The molecule has 7 heteroatoms. The molecule has 0 bridgehead atoms. The minimum Gasteiger partial charge on any atom is -0.451 e. The van der Waals surface area contributed by atoms with Crippen LogP contribution in [0, 0.1) is 20.8 Å². The molecule has 0 unspecified atom stereocenters. The lowest BCUT2D eigenvalue weighted by atomic mass is 10.2. The average molecular weight is 402 g/mol. The molecule has 2 aromatic heterocycles. The minimum absolute atomic E-state index is 0.309. The number of ether oxygens (including phenoxy) is 1. The number of aryl methyl sites for hydroxylation is 2. The van der Waals surface area contributed by atoms with E-state index in [2.05, 4.69) is 15.4 Å². The first-order valence-corrected chi connectivity index (χ1v) is 9.60. The van der Waals surface area contributed by atoms with Crippen LogP contribution in [0.2, 0.25) is 0 Å². The predicted octanol–water partition coefficient (Wildman–Crippen LogP) is 4.07. The van der Waals surface area contributed by atoms with E-state index in [1.807, 2.05) is 69.3 Å².